The van der Waals surface area contributed by atoms with E-state index in [-0.39, 0.29) is 19.4 Å². The number of nitrogens with zero attached hydrogens (tertiary/aromatic N) is 2. The maximum atomic E-state index is 12.0. The number of rotatable bonds is 10. The molecule has 11 nitrogen and oxygen atoms in total. The van der Waals surface area contributed by atoms with Gasteiger partial charge in [-0.15, -0.1) is 23.1 Å². The molecule has 0 spiro atoms. The molecule has 5 N–H and O–H groups in total. The highest BCUT2D eigenvalue weighted by molar-refractivity contribution is 8.15. The third-order valence-corrected chi connectivity index (χ3v) is 6.45. The summed E-state index contributed by atoms with van der Waals surface area (Å²) in [5.74, 6) is -3.63. The lowest BCUT2D eigenvalue weighted by Crippen LogP contribution is -2.43. The van der Waals surface area contributed by atoms with Gasteiger partial charge in [0.05, 0.1) is 16.8 Å². The molecule has 0 bridgehead atoms. The summed E-state index contributed by atoms with van der Waals surface area (Å²) in [6.07, 6.45) is -0.581. The molecule has 164 valence electrons. The second-order valence-electron chi connectivity index (χ2n) is 6.55. The van der Waals surface area contributed by atoms with E-state index in [0.717, 1.165) is 4.70 Å². The van der Waals surface area contributed by atoms with E-state index in [1.54, 1.807) is 18.2 Å². The SMILES string of the molecule is O=C(O)CCC(NC(=O)CNc1ccc2nc(C3=N[C@H](C(=O)O)CS3)sc2c1)C(=O)O. The van der Waals surface area contributed by atoms with Crippen LogP contribution in [-0.2, 0) is 19.2 Å². The summed E-state index contributed by atoms with van der Waals surface area (Å²) in [6.45, 7) is -0.198. The Hall–Kier alpha value is -3.19. The van der Waals surface area contributed by atoms with Gasteiger partial charge in [-0.1, -0.05) is 0 Å². The van der Waals surface area contributed by atoms with Crippen molar-refractivity contribution < 1.29 is 34.5 Å². The summed E-state index contributed by atoms with van der Waals surface area (Å²) in [7, 11) is 0. The van der Waals surface area contributed by atoms with Gasteiger partial charge in [-0.3, -0.25) is 14.6 Å². The molecule has 0 radical (unpaired) electrons. The van der Waals surface area contributed by atoms with Gasteiger partial charge in [-0.25, -0.2) is 14.6 Å². The van der Waals surface area contributed by atoms with Crippen molar-refractivity contribution in [3.8, 4) is 0 Å². The van der Waals surface area contributed by atoms with E-state index >= 15 is 0 Å². The van der Waals surface area contributed by atoms with Crippen molar-refractivity contribution in [3.05, 3.63) is 23.2 Å². The Bertz CT molecular complexity index is 1070. The molecule has 0 aliphatic carbocycles. The van der Waals surface area contributed by atoms with Crippen LogP contribution in [0.25, 0.3) is 10.2 Å². The van der Waals surface area contributed by atoms with Gasteiger partial charge < -0.3 is 26.0 Å². The first-order valence-electron chi connectivity index (χ1n) is 9.05. The molecule has 13 heteroatoms. The minimum atomic E-state index is -1.30. The second kappa shape index (κ2) is 9.75. The van der Waals surface area contributed by atoms with Crippen LogP contribution in [0, 0.1) is 0 Å². The van der Waals surface area contributed by atoms with Gasteiger partial charge in [-0.05, 0) is 24.6 Å². The Morgan fingerprint density at radius 2 is 1.97 bits per heavy atom. The van der Waals surface area contributed by atoms with Crippen LogP contribution in [-0.4, -0.2) is 73.5 Å². The molecular formula is C18H18N4O7S2. The Labute approximate surface area is 183 Å². The third-order valence-electron chi connectivity index (χ3n) is 4.24. The molecule has 3 rings (SSSR count). The molecule has 2 heterocycles. The van der Waals surface area contributed by atoms with Crippen molar-refractivity contribution in [1.29, 1.82) is 0 Å². The number of benzene rings is 1. The number of hydrogen-bond acceptors (Lipinski definition) is 9. The Kier molecular flexibility index (Phi) is 7.07. The first-order chi connectivity index (χ1) is 14.7. The fourth-order valence-corrected chi connectivity index (χ4v) is 4.80. The van der Waals surface area contributed by atoms with Crippen LogP contribution < -0.4 is 10.6 Å². The van der Waals surface area contributed by atoms with E-state index in [0.29, 0.717) is 27.0 Å². The molecule has 0 saturated heterocycles. The van der Waals surface area contributed by atoms with Gasteiger partial charge in [-0.2, -0.15) is 0 Å². The molecule has 31 heavy (non-hydrogen) atoms. The van der Waals surface area contributed by atoms with E-state index in [9.17, 15) is 19.2 Å². The molecule has 1 aromatic carbocycles. The number of thioether (sulfide) groups is 1. The van der Waals surface area contributed by atoms with E-state index < -0.39 is 35.9 Å². The number of amides is 1. The molecule has 1 amide bonds. The van der Waals surface area contributed by atoms with Crippen molar-refractivity contribution in [2.24, 2.45) is 4.99 Å². The number of fused-ring (bicyclic) bond motifs is 1. The highest BCUT2D eigenvalue weighted by atomic mass is 32.2. The van der Waals surface area contributed by atoms with Crippen molar-refractivity contribution in [1.82, 2.24) is 10.3 Å². The standard InChI is InChI=1S/C18H18N4O7S2/c23-13(20-10(17(26)27)3-4-14(24)25)6-19-8-1-2-9-12(5-8)31-16(21-9)15-22-11(7-30-15)18(28)29/h1-2,5,10-11,19H,3-4,6-7H2,(H,20,23)(H,24,25)(H,26,27)(H,28,29)/t10?,11-/m0/s1. The second-order valence-corrected chi connectivity index (χ2v) is 8.58. The zero-order chi connectivity index (χ0) is 22.5. The summed E-state index contributed by atoms with van der Waals surface area (Å²) >= 11 is 2.69. The summed E-state index contributed by atoms with van der Waals surface area (Å²) in [6, 6.07) is 3.18. The number of carboxylic acid groups (broad SMARTS) is 3. The quantitative estimate of drug-likeness (QED) is 0.340. The fourth-order valence-electron chi connectivity index (χ4n) is 2.70. The van der Waals surface area contributed by atoms with Crippen LogP contribution in [0.15, 0.2) is 23.2 Å². The average Bonchev–Trinajstić information content (AvgIpc) is 3.35. The summed E-state index contributed by atoms with van der Waals surface area (Å²) in [4.78, 5) is 53.5. The zero-order valence-corrected chi connectivity index (χ0v) is 17.5. The number of hydrogen-bond donors (Lipinski definition) is 5. The number of carbonyl (C=O) groups excluding carboxylic acids is 1. The monoisotopic (exact) mass is 466 g/mol. The molecule has 0 fully saturated rings. The predicted octanol–water partition coefficient (Wildman–Crippen LogP) is 1.09. The van der Waals surface area contributed by atoms with Gasteiger partial charge in [0, 0.05) is 17.9 Å². The molecule has 2 atom stereocenters. The number of carbonyl (C=O) groups is 4. The van der Waals surface area contributed by atoms with Crippen LogP contribution in [0.3, 0.4) is 0 Å². The number of aliphatic carboxylic acids is 3. The number of thiazole rings is 1. The van der Waals surface area contributed by atoms with Gasteiger partial charge in [0.25, 0.3) is 0 Å². The minimum Gasteiger partial charge on any atom is -0.481 e. The average molecular weight is 466 g/mol. The molecule has 1 aromatic heterocycles. The van der Waals surface area contributed by atoms with Crippen molar-refractivity contribution in [3.63, 3.8) is 0 Å². The highest BCUT2D eigenvalue weighted by Gasteiger charge is 2.27. The van der Waals surface area contributed by atoms with E-state index in [1.165, 1.54) is 23.1 Å². The number of anilines is 1. The Balaban J connectivity index is 1.61. The van der Waals surface area contributed by atoms with E-state index in [2.05, 4.69) is 20.6 Å². The maximum absolute atomic E-state index is 12.0. The van der Waals surface area contributed by atoms with Crippen LogP contribution >= 0.6 is 23.1 Å². The lowest BCUT2D eigenvalue weighted by Gasteiger charge is -2.14. The van der Waals surface area contributed by atoms with Gasteiger partial charge >= 0.3 is 17.9 Å². The minimum absolute atomic E-state index is 0.198. The van der Waals surface area contributed by atoms with Gasteiger partial charge in [0.15, 0.2) is 6.04 Å². The lowest BCUT2D eigenvalue weighted by molar-refractivity contribution is -0.143. The zero-order valence-electron chi connectivity index (χ0n) is 15.9. The lowest BCUT2D eigenvalue weighted by atomic mass is 10.1. The number of aromatic nitrogens is 1. The first kappa shape index (κ1) is 22.5. The van der Waals surface area contributed by atoms with Crippen LogP contribution in [0.4, 0.5) is 5.69 Å². The molecule has 1 unspecified atom stereocenters. The smallest absolute Gasteiger partial charge is 0.329 e. The predicted molar refractivity (Wildman–Crippen MR) is 115 cm³/mol. The molecular weight excluding hydrogens is 448 g/mol. The fraction of sp³-hybridized carbons (Fsp3) is 0.333. The summed E-state index contributed by atoms with van der Waals surface area (Å²) < 4.78 is 0.812. The van der Waals surface area contributed by atoms with Gasteiger partial charge in [0.2, 0.25) is 5.91 Å². The molecule has 0 saturated carbocycles. The van der Waals surface area contributed by atoms with Crippen LogP contribution in [0.1, 0.15) is 17.8 Å². The summed E-state index contributed by atoms with van der Waals surface area (Å²) in [5, 5.41) is 33.2. The normalized spacial score (nSPS) is 16.5. The summed E-state index contributed by atoms with van der Waals surface area (Å²) in [5.41, 5.74) is 1.32. The largest absolute Gasteiger partial charge is 0.481 e. The highest BCUT2D eigenvalue weighted by Crippen LogP contribution is 2.31. The van der Waals surface area contributed by atoms with E-state index in [1.807, 2.05) is 0 Å². The molecule has 2 aromatic rings. The van der Waals surface area contributed by atoms with Crippen molar-refractivity contribution in [2.75, 3.05) is 17.6 Å². The Morgan fingerprint density at radius 1 is 1.19 bits per heavy atom. The third kappa shape index (κ3) is 5.92. The van der Waals surface area contributed by atoms with Crippen molar-refractivity contribution >= 4 is 67.9 Å². The van der Waals surface area contributed by atoms with E-state index in [4.69, 9.17) is 15.3 Å². The van der Waals surface area contributed by atoms with Gasteiger partial charge in [0.1, 0.15) is 16.1 Å². The first-order valence-corrected chi connectivity index (χ1v) is 10.9. The van der Waals surface area contributed by atoms with Crippen LogP contribution in [0.5, 0.6) is 0 Å². The number of aliphatic imine (C=N–C) groups is 1. The maximum Gasteiger partial charge on any atom is 0.329 e. The van der Waals surface area contributed by atoms with Crippen molar-refractivity contribution in [2.45, 2.75) is 24.9 Å². The van der Waals surface area contributed by atoms with Crippen LogP contribution in [0.2, 0.25) is 0 Å². The topological polar surface area (TPSA) is 178 Å². The molecule has 1 aliphatic rings. The Morgan fingerprint density at radius 3 is 2.61 bits per heavy atom. The number of nitrogens with one attached hydrogen (secondary N) is 2. The number of carboxylic acids is 3. The molecule has 1 aliphatic heterocycles.